The first-order valence-electron chi connectivity index (χ1n) is 6.75. The van der Waals surface area contributed by atoms with E-state index in [2.05, 4.69) is 0 Å². The lowest BCUT2D eigenvalue weighted by atomic mass is 10.2. The number of hydrogen-bond acceptors (Lipinski definition) is 3. The summed E-state index contributed by atoms with van der Waals surface area (Å²) in [5.41, 5.74) is 2.38. The van der Waals surface area contributed by atoms with Crippen LogP contribution in [0.3, 0.4) is 0 Å². The maximum atomic E-state index is 11.4. The number of nitrogens with zero attached hydrogens (tertiary/aromatic N) is 1. The summed E-state index contributed by atoms with van der Waals surface area (Å²) >= 11 is 0. The van der Waals surface area contributed by atoms with Crippen LogP contribution < -0.4 is 4.74 Å². The van der Waals surface area contributed by atoms with Crippen LogP contribution in [0.15, 0.2) is 53.1 Å². The summed E-state index contributed by atoms with van der Waals surface area (Å²) in [6.45, 7) is 1.77. The Labute approximate surface area is 127 Å². The van der Waals surface area contributed by atoms with Gasteiger partial charge < -0.3 is 18.8 Å². The van der Waals surface area contributed by atoms with Crippen molar-refractivity contribution >= 4 is 5.97 Å². The monoisotopic (exact) mass is 297 g/mol. The van der Waals surface area contributed by atoms with Crippen molar-refractivity contribution in [1.29, 1.82) is 0 Å². The Morgan fingerprint density at radius 3 is 2.68 bits per heavy atom. The number of carboxylic acids is 1. The molecule has 3 rings (SSSR count). The third-order valence-electron chi connectivity index (χ3n) is 3.56. The van der Waals surface area contributed by atoms with E-state index >= 15 is 0 Å². The molecule has 112 valence electrons. The van der Waals surface area contributed by atoms with E-state index < -0.39 is 5.97 Å². The number of furan rings is 1. The van der Waals surface area contributed by atoms with Crippen molar-refractivity contribution in [3.05, 3.63) is 60.0 Å². The van der Waals surface area contributed by atoms with Gasteiger partial charge in [-0.3, -0.25) is 0 Å². The van der Waals surface area contributed by atoms with E-state index in [-0.39, 0.29) is 5.56 Å². The Balaban J connectivity index is 2.26. The van der Waals surface area contributed by atoms with Gasteiger partial charge in [0.25, 0.3) is 0 Å². The molecule has 0 saturated carbocycles. The van der Waals surface area contributed by atoms with Crippen LogP contribution in [0.5, 0.6) is 5.75 Å². The molecule has 0 aliphatic carbocycles. The zero-order valence-corrected chi connectivity index (χ0v) is 12.2. The first-order chi connectivity index (χ1) is 10.6. The molecule has 2 aromatic heterocycles. The van der Waals surface area contributed by atoms with Crippen LogP contribution in [0.25, 0.3) is 17.1 Å². The normalized spacial score (nSPS) is 10.6. The van der Waals surface area contributed by atoms with E-state index in [0.29, 0.717) is 22.9 Å². The summed E-state index contributed by atoms with van der Waals surface area (Å²) in [7, 11) is 1.59. The lowest BCUT2D eigenvalue weighted by molar-refractivity contribution is 0.0696. The third kappa shape index (κ3) is 2.26. The number of carbonyl (C=O) groups is 1. The maximum absolute atomic E-state index is 11.4. The van der Waals surface area contributed by atoms with Gasteiger partial charge in [-0.15, -0.1) is 0 Å². The minimum absolute atomic E-state index is 0.245. The van der Waals surface area contributed by atoms with Gasteiger partial charge in [0.2, 0.25) is 0 Å². The van der Waals surface area contributed by atoms with Crippen LogP contribution in [0.2, 0.25) is 0 Å². The number of aromatic carboxylic acids is 1. The first kappa shape index (κ1) is 14.0. The Hall–Kier alpha value is -2.95. The standard InChI is InChI=1S/C17H15NO4/c1-11-14(17(19)20)10-15(16-7-4-8-22-16)18(11)12-5-3-6-13(9-12)21-2/h3-10H,1-2H3,(H,19,20). The minimum atomic E-state index is -0.966. The summed E-state index contributed by atoms with van der Waals surface area (Å²) in [6.07, 6.45) is 1.56. The van der Waals surface area contributed by atoms with Crippen molar-refractivity contribution in [2.45, 2.75) is 6.92 Å². The number of hydrogen-bond donors (Lipinski definition) is 1. The molecule has 22 heavy (non-hydrogen) atoms. The molecule has 0 amide bonds. The second kappa shape index (κ2) is 5.44. The largest absolute Gasteiger partial charge is 0.497 e. The summed E-state index contributed by atoms with van der Waals surface area (Å²) < 4.78 is 12.5. The highest BCUT2D eigenvalue weighted by molar-refractivity contribution is 5.91. The topological polar surface area (TPSA) is 64.6 Å². The molecule has 0 fully saturated rings. The van der Waals surface area contributed by atoms with Gasteiger partial charge in [-0.25, -0.2) is 4.79 Å². The Bertz CT molecular complexity index is 815. The number of rotatable bonds is 4. The van der Waals surface area contributed by atoms with Crippen LogP contribution in [-0.2, 0) is 0 Å². The van der Waals surface area contributed by atoms with Crippen LogP contribution in [-0.4, -0.2) is 22.8 Å². The second-order valence-corrected chi connectivity index (χ2v) is 4.85. The van der Waals surface area contributed by atoms with Crippen molar-refractivity contribution in [1.82, 2.24) is 4.57 Å². The van der Waals surface area contributed by atoms with Crippen molar-refractivity contribution in [2.75, 3.05) is 7.11 Å². The maximum Gasteiger partial charge on any atom is 0.337 e. The Morgan fingerprint density at radius 1 is 1.23 bits per heavy atom. The molecule has 0 atom stereocenters. The highest BCUT2D eigenvalue weighted by Crippen LogP contribution is 2.31. The van der Waals surface area contributed by atoms with Gasteiger partial charge in [-0.1, -0.05) is 6.07 Å². The fraction of sp³-hybridized carbons (Fsp3) is 0.118. The van der Waals surface area contributed by atoms with Crippen LogP contribution in [0.1, 0.15) is 16.1 Å². The van der Waals surface area contributed by atoms with Gasteiger partial charge in [-0.2, -0.15) is 0 Å². The quantitative estimate of drug-likeness (QED) is 0.796. The number of methoxy groups -OCH3 is 1. The molecule has 2 heterocycles. The van der Waals surface area contributed by atoms with E-state index in [9.17, 15) is 9.90 Å². The average molecular weight is 297 g/mol. The molecule has 0 unspecified atom stereocenters. The van der Waals surface area contributed by atoms with Crippen molar-refractivity contribution < 1.29 is 19.1 Å². The molecule has 0 saturated heterocycles. The molecular formula is C17H15NO4. The average Bonchev–Trinajstić information content (AvgIpc) is 3.14. The number of aromatic nitrogens is 1. The predicted molar refractivity (Wildman–Crippen MR) is 81.7 cm³/mol. The molecule has 1 N–H and O–H groups in total. The summed E-state index contributed by atoms with van der Waals surface area (Å²) in [6, 6.07) is 12.6. The van der Waals surface area contributed by atoms with Gasteiger partial charge in [0.05, 0.1) is 24.6 Å². The third-order valence-corrected chi connectivity index (χ3v) is 3.56. The minimum Gasteiger partial charge on any atom is -0.497 e. The lowest BCUT2D eigenvalue weighted by Crippen LogP contribution is -2.02. The smallest absolute Gasteiger partial charge is 0.337 e. The molecule has 5 heteroatoms. The van der Waals surface area contributed by atoms with E-state index in [1.165, 1.54) is 0 Å². The zero-order valence-electron chi connectivity index (χ0n) is 12.2. The molecule has 0 aliphatic heterocycles. The molecule has 1 aromatic carbocycles. The molecule has 0 radical (unpaired) electrons. The molecular weight excluding hydrogens is 282 g/mol. The van der Waals surface area contributed by atoms with Crippen molar-refractivity contribution in [3.8, 4) is 22.9 Å². The Kier molecular flexibility index (Phi) is 3.47. The van der Waals surface area contributed by atoms with E-state index in [0.717, 1.165) is 5.69 Å². The fourth-order valence-electron chi connectivity index (χ4n) is 2.51. The summed E-state index contributed by atoms with van der Waals surface area (Å²) in [4.78, 5) is 11.4. The van der Waals surface area contributed by atoms with Crippen LogP contribution in [0, 0.1) is 6.92 Å². The molecule has 0 bridgehead atoms. The van der Waals surface area contributed by atoms with E-state index in [4.69, 9.17) is 9.15 Å². The van der Waals surface area contributed by atoms with E-state index in [1.807, 2.05) is 28.8 Å². The van der Waals surface area contributed by atoms with Gasteiger partial charge in [-0.05, 0) is 37.3 Å². The van der Waals surface area contributed by atoms with E-state index in [1.54, 1.807) is 38.5 Å². The molecule has 0 spiro atoms. The van der Waals surface area contributed by atoms with Crippen molar-refractivity contribution in [2.24, 2.45) is 0 Å². The van der Waals surface area contributed by atoms with Crippen LogP contribution >= 0.6 is 0 Å². The highest BCUT2D eigenvalue weighted by Gasteiger charge is 2.20. The molecule has 0 aliphatic rings. The predicted octanol–water partition coefficient (Wildman–Crippen LogP) is 3.75. The highest BCUT2D eigenvalue weighted by atomic mass is 16.5. The van der Waals surface area contributed by atoms with Gasteiger partial charge in [0, 0.05) is 17.4 Å². The zero-order chi connectivity index (χ0) is 15.7. The summed E-state index contributed by atoms with van der Waals surface area (Å²) in [5.74, 6) is 0.346. The number of benzene rings is 1. The number of carboxylic acid groups (broad SMARTS) is 1. The molecule has 5 nitrogen and oxygen atoms in total. The number of ether oxygens (including phenoxy) is 1. The lowest BCUT2D eigenvalue weighted by Gasteiger charge is -2.12. The first-order valence-corrected chi connectivity index (χ1v) is 6.75. The second-order valence-electron chi connectivity index (χ2n) is 4.85. The van der Waals surface area contributed by atoms with Gasteiger partial charge >= 0.3 is 5.97 Å². The molecule has 3 aromatic rings. The SMILES string of the molecule is COc1cccc(-n2c(-c3ccco3)cc(C(=O)O)c2C)c1. The van der Waals surface area contributed by atoms with Gasteiger partial charge in [0.1, 0.15) is 5.75 Å². The fourth-order valence-corrected chi connectivity index (χ4v) is 2.51. The van der Waals surface area contributed by atoms with Crippen molar-refractivity contribution in [3.63, 3.8) is 0 Å². The van der Waals surface area contributed by atoms with Gasteiger partial charge in [0.15, 0.2) is 5.76 Å². The summed E-state index contributed by atoms with van der Waals surface area (Å²) in [5, 5.41) is 9.38. The Morgan fingerprint density at radius 2 is 2.05 bits per heavy atom. The van der Waals surface area contributed by atoms with Crippen LogP contribution in [0.4, 0.5) is 0 Å².